The molecule has 0 aromatic heterocycles. The number of hydrogen-bond acceptors (Lipinski definition) is 3. The zero-order chi connectivity index (χ0) is 16.6. The van der Waals surface area contributed by atoms with E-state index in [2.05, 4.69) is 32.0 Å². The molecular formula is C20H20O3. The molecule has 0 unspecified atom stereocenters. The Morgan fingerprint density at radius 3 is 2.13 bits per heavy atom. The van der Waals surface area contributed by atoms with Crippen molar-refractivity contribution in [2.75, 3.05) is 14.2 Å². The number of rotatable bonds is 3. The third-order valence-electron chi connectivity index (χ3n) is 4.11. The lowest BCUT2D eigenvalue weighted by Gasteiger charge is -2.08. The molecule has 0 saturated heterocycles. The number of methoxy groups -OCH3 is 2. The van der Waals surface area contributed by atoms with E-state index in [4.69, 9.17) is 9.47 Å². The van der Waals surface area contributed by atoms with E-state index in [-0.39, 0.29) is 5.78 Å². The molecule has 0 atom stereocenters. The minimum Gasteiger partial charge on any atom is -0.493 e. The topological polar surface area (TPSA) is 35.5 Å². The molecule has 0 aliphatic heterocycles. The van der Waals surface area contributed by atoms with Gasteiger partial charge < -0.3 is 9.47 Å². The van der Waals surface area contributed by atoms with Gasteiger partial charge in [0.25, 0.3) is 0 Å². The van der Waals surface area contributed by atoms with Gasteiger partial charge in [-0.25, -0.2) is 0 Å². The molecular weight excluding hydrogens is 288 g/mol. The second-order valence-corrected chi connectivity index (χ2v) is 5.96. The van der Waals surface area contributed by atoms with Gasteiger partial charge in [0.1, 0.15) is 0 Å². The maximum absolute atomic E-state index is 12.7. The minimum atomic E-state index is 0.0695. The number of hydrogen-bond donors (Lipinski definition) is 0. The molecule has 3 rings (SSSR count). The minimum absolute atomic E-state index is 0.0695. The van der Waals surface area contributed by atoms with Crippen LogP contribution in [0.15, 0.2) is 35.9 Å². The number of ketones is 1. The average molecular weight is 308 g/mol. The van der Waals surface area contributed by atoms with Gasteiger partial charge in [-0.1, -0.05) is 29.3 Å². The second-order valence-electron chi connectivity index (χ2n) is 5.96. The van der Waals surface area contributed by atoms with Crippen LogP contribution in [0.2, 0.25) is 0 Å². The lowest BCUT2D eigenvalue weighted by molar-refractivity contribution is 0.104. The van der Waals surface area contributed by atoms with Gasteiger partial charge in [0.2, 0.25) is 0 Å². The standard InChI is InChI=1S/C20H20O3/c1-12-5-13(2)7-14(6-12)8-16-9-15-10-18(22-3)19(23-4)11-17(15)20(16)21/h5-8,10-11H,9H2,1-4H3. The Labute approximate surface area is 136 Å². The predicted molar refractivity (Wildman–Crippen MR) is 91.5 cm³/mol. The molecule has 2 aromatic carbocycles. The molecule has 0 amide bonds. The SMILES string of the molecule is COc1cc2c(cc1OC)C(=O)C(=Cc1cc(C)cc(C)c1)C2. The first kappa shape index (κ1) is 15.3. The van der Waals surface area contributed by atoms with Gasteiger partial charge in [-0.2, -0.15) is 0 Å². The highest BCUT2D eigenvalue weighted by Crippen LogP contribution is 2.37. The van der Waals surface area contributed by atoms with Crippen molar-refractivity contribution >= 4 is 11.9 Å². The Morgan fingerprint density at radius 2 is 1.52 bits per heavy atom. The summed E-state index contributed by atoms with van der Waals surface area (Å²) in [5.74, 6) is 1.32. The van der Waals surface area contributed by atoms with E-state index < -0.39 is 0 Å². The van der Waals surface area contributed by atoms with Gasteiger partial charge in [0, 0.05) is 17.6 Å². The van der Waals surface area contributed by atoms with Crippen LogP contribution in [0.5, 0.6) is 11.5 Å². The third kappa shape index (κ3) is 2.87. The van der Waals surface area contributed by atoms with Crippen molar-refractivity contribution in [1.82, 2.24) is 0 Å². The van der Waals surface area contributed by atoms with Gasteiger partial charge in [-0.05, 0) is 43.2 Å². The fourth-order valence-corrected chi connectivity index (χ4v) is 3.15. The van der Waals surface area contributed by atoms with Crippen LogP contribution in [0, 0.1) is 13.8 Å². The molecule has 0 saturated carbocycles. The fraction of sp³-hybridized carbons (Fsp3) is 0.250. The van der Waals surface area contributed by atoms with Crippen molar-refractivity contribution < 1.29 is 14.3 Å². The number of aryl methyl sites for hydroxylation is 2. The Kier molecular flexibility index (Phi) is 3.95. The summed E-state index contributed by atoms with van der Waals surface area (Å²) in [7, 11) is 3.18. The van der Waals surface area contributed by atoms with Crippen LogP contribution in [0.4, 0.5) is 0 Å². The molecule has 1 aliphatic carbocycles. The maximum atomic E-state index is 12.7. The highest BCUT2D eigenvalue weighted by molar-refractivity contribution is 6.15. The van der Waals surface area contributed by atoms with Crippen molar-refractivity contribution in [3.05, 3.63) is 63.7 Å². The molecule has 118 valence electrons. The zero-order valence-corrected chi connectivity index (χ0v) is 13.9. The molecule has 0 fully saturated rings. The van der Waals surface area contributed by atoms with Gasteiger partial charge in [0.05, 0.1) is 14.2 Å². The Bertz CT molecular complexity index is 796. The summed E-state index contributed by atoms with van der Waals surface area (Å²) in [6, 6.07) is 9.99. The highest BCUT2D eigenvalue weighted by atomic mass is 16.5. The second kappa shape index (κ2) is 5.92. The number of fused-ring (bicyclic) bond motifs is 1. The van der Waals surface area contributed by atoms with Crippen molar-refractivity contribution in [3.8, 4) is 11.5 Å². The summed E-state index contributed by atoms with van der Waals surface area (Å²) >= 11 is 0. The molecule has 1 aliphatic rings. The first-order chi connectivity index (χ1) is 11.0. The molecule has 23 heavy (non-hydrogen) atoms. The van der Waals surface area contributed by atoms with Crippen molar-refractivity contribution in [3.63, 3.8) is 0 Å². The molecule has 0 spiro atoms. The van der Waals surface area contributed by atoms with E-state index in [1.54, 1.807) is 20.3 Å². The van der Waals surface area contributed by atoms with Crippen molar-refractivity contribution in [2.45, 2.75) is 20.3 Å². The molecule has 0 radical (unpaired) electrons. The summed E-state index contributed by atoms with van der Waals surface area (Å²) in [5, 5.41) is 0. The van der Waals surface area contributed by atoms with E-state index >= 15 is 0 Å². The van der Waals surface area contributed by atoms with Crippen LogP contribution in [0.1, 0.15) is 32.6 Å². The summed E-state index contributed by atoms with van der Waals surface area (Å²) in [6.45, 7) is 4.13. The first-order valence-electron chi connectivity index (χ1n) is 7.60. The summed E-state index contributed by atoms with van der Waals surface area (Å²) in [4.78, 5) is 12.7. The molecule has 3 nitrogen and oxygen atoms in total. The van der Waals surface area contributed by atoms with Crippen LogP contribution < -0.4 is 9.47 Å². The summed E-state index contributed by atoms with van der Waals surface area (Å²) in [5.41, 5.74) is 5.96. The van der Waals surface area contributed by atoms with Crippen LogP contribution in [-0.4, -0.2) is 20.0 Å². The summed E-state index contributed by atoms with van der Waals surface area (Å²) in [6.07, 6.45) is 2.61. The Hall–Kier alpha value is -2.55. The average Bonchev–Trinajstić information content (AvgIpc) is 2.80. The Morgan fingerprint density at radius 1 is 0.913 bits per heavy atom. The van der Waals surface area contributed by atoms with Crippen LogP contribution in [0.3, 0.4) is 0 Å². The van der Waals surface area contributed by atoms with E-state index in [9.17, 15) is 4.79 Å². The molecule has 2 aromatic rings. The van der Waals surface area contributed by atoms with E-state index in [0.717, 1.165) is 16.7 Å². The quantitative estimate of drug-likeness (QED) is 0.799. The fourth-order valence-electron chi connectivity index (χ4n) is 3.15. The van der Waals surface area contributed by atoms with Crippen LogP contribution in [0.25, 0.3) is 6.08 Å². The number of benzene rings is 2. The lowest BCUT2D eigenvalue weighted by Crippen LogP contribution is -1.97. The predicted octanol–water partition coefficient (Wildman–Crippen LogP) is 4.14. The van der Waals surface area contributed by atoms with Crippen LogP contribution in [-0.2, 0) is 6.42 Å². The molecule has 0 N–H and O–H groups in total. The normalized spacial score (nSPS) is 15.0. The van der Waals surface area contributed by atoms with Gasteiger partial charge in [0.15, 0.2) is 17.3 Å². The molecule has 3 heteroatoms. The van der Waals surface area contributed by atoms with Gasteiger partial charge in [-0.3, -0.25) is 4.79 Å². The van der Waals surface area contributed by atoms with E-state index in [1.165, 1.54) is 11.1 Å². The van der Waals surface area contributed by atoms with Gasteiger partial charge >= 0.3 is 0 Å². The van der Waals surface area contributed by atoms with Crippen molar-refractivity contribution in [1.29, 1.82) is 0 Å². The Balaban J connectivity index is 2.01. The number of Topliss-reactive ketones (excluding diaryl/α,β-unsaturated/α-hetero) is 1. The largest absolute Gasteiger partial charge is 0.493 e. The van der Waals surface area contributed by atoms with Crippen LogP contribution >= 0.6 is 0 Å². The smallest absolute Gasteiger partial charge is 0.189 e. The van der Waals surface area contributed by atoms with Crippen molar-refractivity contribution in [2.24, 2.45) is 0 Å². The molecule has 0 heterocycles. The first-order valence-corrected chi connectivity index (χ1v) is 7.60. The number of carbonyl (C=O) groups is 1. The number of ether oxygens (including phenoxy) is 2. The van der Waals surface area contributed by atoms with Gasteiger partial charge in [-0.15, -0.1) is 0 Å². The number of carbonyl (C=O) groups excluding carboxylic acids is 1. The highest BCUT2D eigenvalue weighted by Gasteiger charge is 2.27. The lowest BCUT2D eigenvalue weighted by atomic mass is 10.0. The third-order valence-corrected chi connectivity index (χ3v) is 4.11. The monoisotopic (exact) mass is 308 g/mol. The zero-order valence-electron chi connectivity index (χ0n) is 13.9. The number of allylic oxidation sites excluding steroid dienone is 1. The maximum Gasteiger partial charge on any atom is 0.189 e. The molecule has 0 bridgehead atoms. The van der Waals surface area contributed by atoms with E-state index in [0.29, 0.717) is 23.5 Å². The van der Waals surface area contributed by atoms with E-state index in [1.807, 2.05) is 12.1 Å². The summed E-state index contributed by atoms with van der Waals surface area (Å²) < 4.78 is 10.6.